The zero-order valence-electron chi connectivity index (χ0n) is 12.0. The molecule has 1 atom stereocenters. The molecule has 0 bridgehead atoms. The molecule has 0 N–H and O–H groups in total. The Labute approximate surface area is 115 Å². The second-order valence-electron chi connectivity index (χ2n) is 6.31. The number of benzene rings is 1. The van der Waals surface area contributed by atoms with Gasteiger partial charge in [-0.2, -0.15) is 0 Å². The SMILES string of the molecule is CN1C(=O)C2(Cc3ccccc3)CCCN2C1(C)C. The molecule has 0 aliphatic carbocycles. The third-order valence-corrected chi connectivity index (χ3v) is 5.01. The standard InChI is InChI=1S/C16H22N2O/c1-15(2)17(3)14(19)16(10-7-11-18(15)16)12-13-8-5-4-6-9-13/h4-6,8-9H,7,10-12H2,1-3H3. The lowest BCUT2D eigenvalue weighted by atomic mass is 9.88. The van der Waals surface area contributed by atoms with Crippen molar-refractivity contribution in [2.24, 2.45) is 0 Å². The molecule has 1 unspecified atom stereocenters. The van der Waals surface area contributed by atoms with Crippen molar-refractivity contribution in [2.45, 2.75) is 44.3 Å². The van der Waals surface area contributed by atoms with Crippen LogP contribution in [-0.4, -0.2) is 40.5 Å². The fraction of sp³-hybridized carbons (Fsp3) is 0.562. The lowest BCUT2D eigenvalue weighted by molar-refractivity contribution is -0.133. The zero-order chi connectivity index (χ0) is 13.7. The maximum atomic E-state index is 12.8. The normalized spacial score (nSPS) is 29.8. The van der Waals surface area contributed by atoms with Gasteiger partial charge < -0.3 is 4.90 Å². The van der Waals surface area contributed by atoms with Gasteiger partial charge in [-0.1, -0.05) is 30.3 Å². The number of nitrogens with zero attached hydrogens (tertiary/aromatic N) is 2. The number of carbonyl (C=O) groups is 1. The summed E-state index contributed by atoms with van der Waals surface area (Å²) in [6.45, 7) is 5.34. The highest BCUT2D eigenvalue weighted by Crippen LogP contribution is 2.46. The van der Waals surface area contributed by atoms with Crippen molar-refractivity contribution in [3.05, 3.63) is 35.9 Å². The van der Waals surface area contributed by atoms with Crippen LogP contribution in [0.1, 0.15) is 32.3 Å². The molecule has 3 rings (SSSR count). The van der Waals surface area contributed by atoms with Gasteiger partial charge in [0.1, 0.15) is 5.54 Å². The molecular formula is C16H22N2O. The molecule has 1 aromatic rings. The first-order chi connectivity index (χ1) is 8.98. The smallest absolute Gasteiger partial charge is 0.244 e. The van der Waals surface area contributed by atoms with Gasteiger partial charge in [0.25, 0.3) is 0 Å². The van der Waals surface area contributed by atoms with Crippen LogP contribution < -0.4 is 0 Å². The Morgan fingerprint density at radius 1 is 1.21 bits per heavy atom. The molecule has 1 amide bonds. The summed E-state index contributed by atoms with van der Waals surface area (Å²) in [5.41, 5.74) is 0.788. The summed E-state index contributed by atoms with van der Waals surface area (Å²) in [5.74, 6) is 0.291. The van der Waals surface area contributed by atoms with E-state index in [1.165, 1.54) is 5.56 Å². The molecule has 0 radical (unpaired) electrons. The predicted molar refractivity (Wildman–Crippen MR) is 75.7 cm³/mol. The predicted octanol–water partition coefficient (Wildman–Crippen LogP) is 2.27. The summed E-state index contributed by atoms with van der Waals surface area (Å²) in [7, 11) is 1.94. The lowest BCUT2D eigenvalue weighted by Crippen LogP contribution is -2.51. The first-order valence-electron chi connectivity index (χ1n) is 7.08. The Kier molecular flexibility index (Phi) is 2.72. The number of fused-ring (bicyclic) bond motifs is 1. The first kappa shape index (κ1) is 12.7. The van der Waals surface area contributed by atoms with Gasteiger partial charge in [-0.15, -0.1) is 0 Å². The summed E-state index contributed by atoms with van der Waals surface area (Å²) in [6.07, 6.45) is 2.94. The van der Waals surface area contributed by atoms with Crippen molar-refractivity contribution in [2.75, 3.05) is 13.6 Å². The van der Waals surface area contributed by atoms with Crippen molar-refractivity contribution in [1.29, 1.82) is 0 Å². The van der Waals surface area contributed by atoms with E-state index >= 15 is 0 Å². The molecule has 1 aromatic carbocycles. The van der Waals surface area contributed by atoms with E-state index in [9.17, 15) is 4.79 Å². The van der Waals surface area contributed by atoms with E-state index < -0.39 is 0 Å². The molecule has 2 aliphatic heterocycles. The van der Waals surface area contributed by atoms with Crippen LogP contribution in [0.5, 0.6) is 0 Å². The largest absolute Gasteiger partial charge is 0.326 e. The first-order valence-corrected chi connectivity index (χ1v) is 7.08. The second-order valence-corrected chi connectivity index (χ2v) is 6.31. The van der Waals surface area contributed by atoms with E-state index in [0.29, 0.717) is 5.91 Å². The lowest BCUT2D eigenvalue weighted by Gasteiger charge is -2.37. The van der Waals surface area contributed by atoms with Crippen molar-refractivity contribution in [3.8, 4) is 0 Å². The quantitative estimate of drug-likeness (QED) is 0.812. The average Bonchev–Trinajstić information content (AvgIpc) is 2.88. The Morgan fingerprint density at radius 3 is 2.58 bits per heavy atom. The van der Waals surface area contributed by atoms with E-state index in [1.807, 2.05) is 18.0 Å². The van der Waals surface area contributed by atoms with Gasteiger partial charge in [-0.25, -0.2) is 0 Å². The fourth-order valence-electron chi connectivity index (χ4n) is 3.83. The summed E-state index contributed by atoms with van der Waals surface area (Å²) >= 11 is 0. The van der Waals surface area contributed by atoms with E-state index in [2.05, 4.69) is 43.0 Å². The Balaban J connectivity index is 2.00. The number of hydrogen-bond donors (Lipinski definition) is 0. The van der Waals surface area contributed by atoms with Crippen LogP contribution in [0, 0.1) is 0 Å². The molecule has 0 saturated carbocycles. The molecule has 19 heavy (non-hydrogen) atoms. The van der Waals surface area contributed by atoms with Gasteiger partial charge in [-0.3, -0.25) is 9.69 Å². The van der Waals surface area contributed by atoms with Crippen LogP contribution in [0.2, 0.25) is 0 Å². The number of carbonyl (C=O) groups excluding carboxylic acids is 1. The van der Waals surface area contributed by atoms with Crippen LogP contribution in [0.4, 0.5) is 0 Å². The summed E-state index contributed by atoms with van der Waals surface area (Å²) in [5, 5.41) is 0. The minimum Gasteiger partial charge on any atom is -0.326 e. The molecule has 3 heteroatoms. The average molecular weight is 258 g/mol. The molecule has 3 nitrogen and oxygen atoms in total. The third-order valence-electron chi connectivity index (χ3n) is 5.01. The zero-order valence-corrected chi connectivity index (χ0v) is 12.0. The highest BCUT2D eigenvalue weighted by atomic mass is 16.2. The van der Waals surface area contributed by atoms with Crippen LogP contribution >= 0.6 is 0 Å². The molecule has 0 spiro atoms. The third kappa shape index (κ3) is 1.64. The Bertz CT molecular complexity index is 497. The number of rotatable bonds is 2. The van der Waals surface area contributed by atoms with Gasteiger partial charge in [0, 0.05) is 13.6 Å². The van der Waals surface area contributed by atoms with Crippen molar-refractivity contribution in [3.63, 3.8) is 0 Å². The second kappa shape index (κ2) is 4.07. The minimum absolute atomic E-state index is 0.164. The molecule has 0 aromatic heterocycles. The van der Waals surface area contributed by atoms with E-state index in [1.54, 1.807) is 0 Å². The fourth-order valence-corrected chi connectivity index (χ4v) is 3.83. The van der Waals surface area contributed by atoms with E-state index in [0.717, 1.165) is 25.8 Å². The topological polar surface area (TPSA) is 23.6 Å². The van der Waals surface area contributed by atoms with E-state index in [-0.39, 0.29) is 11.2 Å². The monoisotopic (exact) mass is 258 g/mol. The van der Waals surface area contributed by atoms with Crippen LogP contribution in [0.15, 0.2) is 30.3 Å². The van der Waals surface area contributed by atoms with Gasteiger partial charge >= 0.3 is 0 Å². The minimum atomic E-state index is -0.306. The van der Waals surface area contributed by atoms with Crippen molar-refractivity contribution >= 4 is 5.91 Å². The maximum Gasteiger partial charge on any atom is 0.244 e. The number of amides is 1. The Morgan fingerprint density at radius 2 is 1.89 bits per heavy atom. The van der Waals surface area contributed by atoms with Gasteiger partial charge in [0.15, 0.2) is 0 Å². The van der Waals surface area contributed by atoms with Crippen molar-refractivity contribution < 1.29 is 4.79 Å². The summed E-state index contributed by atoms with van der Waals surface area (Å²) in [4.78, 5) is 17.2. The molecular weight excluding hydrogens is 236 g/mol. The Hall–Kier alpha value is -1.35. The van der Waals surface area contributed by atoms with Crippen LogP contribution in [0.25, 0.3) is 0 Å². The summed E-state index contributed by atoms with van der Waals surface area (Å²) < 4.78 is 0. The highest BCUT2D eigenvalue weighted by molar-refractivity contribution is 5.90. The molecule has 2 saturated heterocycles. The van der Waals surface area contributed by atoms with Crippen molar-refractivity contribution in [1.82, 2.24) is 9.80 Å². The van der Waals surface area contributed by atoms with E-state index in [4.69, 9.17) is 0 Å². The number of hydrogen-bond acceptors (Lipinski definition) is 2. The summed E-state index contributed by atoms with van der Waals surface area (Å²) in [6, 6.07) is 10.4. The van der Waals surface area contributed by atoms with Gasteiger partial charge in [-0.05, 0) is 38.7 Å². The molecule has 102 valence electrons. The van der Waals surface area contributed by atoms with Crippen LogP contribution in [-0.2, 0) is 11.2 Å². The number of likely N-dealkylation sites (N-methyl/N-ethyl adjacent to an activating group) is 1. The molecule has 2 fully saturated rings. The highest BCUT2D eigenvalue weighted by Gasteiger charge is 2.61. The maximum absolute atomic E-state index is 12.8. The molecule has 2 heterocycles. The van der Waals surface area contributed by atoms with Gasteiger partial charge in [0.2, 0.25) is 5.91 Å². The van der Waals surface area contributed by atoms with Gasteiger partial charge in [0.05, 0.1) is 5.66 Å². The molecule has 2 aliphatic rings. The van der Waals surface area contributed by atoms with Crippen LogP contribution in [0.3, 0.4) is 0 Å².